The topological polar surface area (TPSA) is 86.1 Å². The predicted molar refractivity (Wildman–Crippen MR) is 109 cm³/mol. The molecule has 2 aromatic carbocycles. The number of nitrogens with two attached hydrogens (primary N) is 1. The summed E-state index contributed by atoms with van der Waals surface area (Å²) in [6, 6.07) is 12.2. The molecule has 6 nitrogen and oxygen atoms in total. The Morgan fingerprint density at radius 1 is 1.25 bits per heavy atom. The minimum atomic E-state index is -0.150. The number of hydrogen-bond donors (Lipinski definition) is 2. The summed E-state index contributed by atoms with van der Waals surface area (Å²) < 4.78 is 15.8. The zero-order valence-electron chi connectivity index (χ0n) is 16.9. The van der Waals surface area contributed by atoms with Crippen molar-refractivity contribution in [3.63, 3.8) is 0 Å². The molecule has 1 saturated heterocycles. The third-order valence-electron chi connectivity index (χ3n) is 4.41. The molecule has 2 aromatic rings. The normalized spacial score (nSPS) is 17.5. The first-order valence-electron chi connectivity index (χ1n) is 9.36. The first kappa shape index (κ1) is 20.2. The Hall–Kier alpha value is -2.57. The van der Waals surface area contributed by atoms with Crippen LogP contribution in [0.15, 0.2) is 36.4 Å². The maximum Gasteiger partial charge on any atom is 0.262 e. The molecule has 0 saturated carbocycles. The van der Waals surface area contributed by atoms with Gasteiger partial charge in [-0.25, -0.2) is 0 Å². The number of aryl methyl sites for hydroxylation is 1. The smallest absolute Gasteiger partial charge is 0.262 e. The molecule has 28 heavy (non-hydrogen) atoms. The lowest BCUT2D eigenvalue weighted by atomic mass is 9.96. The molecular formula is C22H28N2O4. The van der Waals surface area contributed by atoms with Gasteiger partial charge in [-0.1, -0.05) is 29.8 Å². The van der Waals surface area contributed by atoms with Gasteiger partial charge in [0.25, 0.3) is 5.91 Å². The number of amides is 1. The van der Waals surface area contributed by atoms with Crippen molar-refractivity contribution >= 4 is 11.6 Å². The molecule has 1 fully saturated rings. The highest BCUT2D eigenvalue weighted by Gasteiger charge is 2.32. The fraction of sp³-hybridized carbons (Fsp3) is 0.409. The zero-order valence-corrected chi connectivity index (χ0v) is 16.9. The van der Waals surface area contributed by atoms with Crippen molar-refractivity contribution in [2.75, 3.05) is 25.6 Å². The standard InChI is InChI=1S/C11H11NO4.C11H17N/c1-14-6-2-7(9-4-15-9)11-8(3-6)12-10(13)5-16-11;1-9-4-6-10(7-5-9)8-11(2,3)12/h2-3,9H,4-5H2,1H3,(H,12,13);4-7H,8,12H2,1-3H3/t9-;/m0./s1. The molecule has 0 aliphatic carbocycles. The Morgan fingerprint density at radius 3 is 2.50 bits per heavy atom. The summed E-state index contributed by atoms with van der Waals surface area (Å²) >= 11 is 0. The van der Waals surface area contributed by atoms with Gasteiger partial charge in [0.05, 0.1) is 19.4 Å². The minimum absolute atomic E-state index is 0.0546. The van der Waals surface area contributed by atoms with Gasteiger partial charge in [-0.2, -0.15) is 0 Å². The molecule has 0 aromatic heterocycles. The molecule has 2 aliphatic heterocycles. The second-order valence-electron chi connectivity index (χ2n) is 7.90. The molecular weight excluding hydrogens is 356 g/mol. The zero-order chi connectivity index (χ0) is 20.3. The maximum absolute atomic E-state index is 11.2. The van der Waals surface area contributed by atoms with Crippen LogP contribution in [0.4, 0.5) is 5.69 Å². The number of carbonyl (C=O) groups is 1. The van der Waals surface area contributed by atoms with Crippen molar-refractivity contribution in [1.82, 2.24) is 0 Å². The molecule has 4 rings (SSSR count). The lowest BCUT2D eigenvalue weighted by Crippen LogP contribution is -2.34. The quantitative estimate of drug-likeness (QED) is 0.790. The van der Waals surface area contributed by atoms with Crippen LogP contribution in [0.25, 0.3) is 0 Å². The van der Waals surface area contributed by atoms with Crippen LogP contribution in [0.2, 0.25) is 0 Å². The average Bonchev–Trinajstić information content (AvgIpc) is 3.47. The molecule has 1 amide bonds. The average molecular weight is 384 g/mol. The molecule has 150 valence electrons. The van der Waals surface area contributed by atoms with Crippen molar-refractivity contribution in [2.24, 2.45) is 5.73 Å². The van der Waals surface area contributed by atoms with Crippen LogP contribution in [0, 0.1) is 6.92 Å². The van der Waals surface area contributed by atoms with Crippen LogP contribution in [0.1, 0.15) is 36.6 Å². The van der Waals surface area contributed by atoms with E-state index < -0.39 is 0 Å². The minimum Gasteiger partial charge on any atom is -0.497 e. The number of carbonyl (C=O) groups excluding carboxylic acids is 1. The number of nitrogens with one attached hydrogen (secondary N) is 1. The summed E-state index contributed by atoms with van der Waals surface area (Å²) in [5.74, 6) is 1.24. The highest BCUT2D eigenvalue weighted by atomic mass is 16.6. The van der Waals surface area contributed by atoms with E-state index in [-0.39, 0.29) is 24.2 Å². The number of rotatable bonds is 4. The molecule has 3 N–H and O–H groups in total. The maximum atomic E-state index is 11.2. The van der Waals surface area contributed by atoms with Gasteiger partial charge in [-0.15, -0.1) is 0 Å². The van der Waals surface area contributed by atoms with Crippen LogP contribution in [0.5, 0.6) is 11.5 Å². The summed E-state index contributed by atoms with van der Waals surface area (Å²) in [6.07, 6.45) is 1.01. The molecule has 0 spiro atoms. The molecule has 0 unspecified atom stereocenters. The van der Waals surface area contributed by atoms with Gasteiger partial charge in [-0.3, -0.25) is 4.79 Å². The Kier molecular flexibility index (Phi) is 5.91. The van der Waals surface area contributed by atoms with Crippen molar-refractivity contribution < 1.29 is 19.0 Å². The van der Waals surface area contributed by atoms with E-state index in [0.717, 1.165) is 12.0 Å². The van der Waals surface area contributed by atoms with Crippen LogP contribution >= 0.6 is 0 Å². The largest absolute Gasteiger partial charge is 0.497 e. The van der Waals surface area contributed by atoms with E-state index in [1.165, 1.54) is 11.1 Å². The second-order valence-corrected chi connectivity index (χ2v) is 7.90. The van der Waals surface area contributed by atoms with Crippen LogP contribution in [-0.2, 0) is 16.0 Å². The summed E-state index contributed by atoms with van der Waals surface area (Å²) in [6.45, 7) is 6.94. The van der Waals surface area contributed by atoms with E-state index in [2.05, 4.69) is 36.5 Å². The highest BCUT2D eigenvalue weighted by molar-refractivity contribution is 5.96. The molecule has 6 heteroatoms. The number of fused-ring (bicyclic) bond motifs is 1. The van der Waals surface area contributed by atoms with Crippen LogP contribution in [0.3, 0.4) is 0 Å². The van der Waals surface area contributed by atoms with Gasteiger partial charge in [0, 0.05) is 17.2 Å². The third-order valence-corrected chi connectivity index (χ3v) is 4.41. The van der Waals surface area contributed by atoms with Crippen molar-refractivity contribution in [3.05, 3.63) is 53.1 Å². The Morgan fingerprint density at radius 2 is 1.93 bits per heavy atom. The van der Waals surface area contributed by atoms with Gasteiger partial charge in [0.1, 0.15) is 17.6 Å². The highest BCUT2D eigenvalue weighted by Crippen LogP contribution is 2.44. The monoisotopic (exact) mass is 384 g/mol. The van der Waals surface area contributed by atoms with E-state index in [1.54, 1.807) is 13.2 Å². The van der Waals surface area contributed by atoms with E-state index in [9.17, 15) is 4.79 Å². The summed E-state index contributed by atoms with van der Waals surface area (Å²) in [7, 11) is 1.59. The van der Waals surface area contributed by atoms with Gasteiger partial charge >= 0.3 is 0 Å². The van der Waals surface area contributed by atoms with E-state index in [0.29, 0.717) is 23.8 Å². The number of methoxy groups -OCH3 is 1. The molecule has 0 bridgehead atoms. The Labute approximate surface area is 166 Å². The number of ether oxygens (including phenoxy) is 3. The predicted octanol–water partition coefficient (Wildman–Crippen LogP) is 3.37. The lowest BCUT2D eigenvalue weighted by Gasteiger charge is -2.21. The molecule has 2 aliphatic rings. The first-order valence-corrected chi connectivity index (χ1v) is 9.36. The van der Waals surface area contributed by atoms with Gasteiger partial charge in [0.15, 0.2) is 6.61 Å². The molecule has 2 heterocycles. The fourth-order valence-corrected chi connectivity index (χ4v) is 3.02. The fourth-order valence-electron chi connectivity index (χ4n) is 3.02. The summed E-state index contributed by atoms with van der Waals surface area (Å²) in [4.78, 5) is 11.2. The summed E-state index contributed by atoms with van der Waals surface area (Å²) in [5, 5.41) is 2.76. The SMILES string of the molecule is COc1cc2c(c([C@@H]3CO3)c1)OCC(=O)N2.Cc1ccc(CC(C)(C)N)cc1. The van der Waals surface area contributed by atoms with Crippen LogP contribution in [-0.4, -0.2) is 31.8 Å². The number of hydrogen-bond acceptors (Lipinski definition) is 5. The number of anilines is 1. The first-order chi connectivity index (χ1) is 13.2. The van der Waals surface area contributed by atoms with Crippen molar-refractivity contribution in [3.8, 4) is 11.5 Å². The Bertz CT molecular complexity index is 837. The number of epoxide rings is 1. The van der Waals surface area contributed by atoms with Gasteiger partial charge in [0.2, 0.25) is 0 Å². The second kappa shape index (κ2) is 8.20. The molecule has 0 radical (unpaired) electrons. The van der Waals surface area contributed by atoms with Crippen molar-refractivity contribution in [1.29, 1.82) is 0 Å². The van der Waals surface area contributed by atoms with Gasteiger partial charge < -0.3 is 25.3 Å². The van der Waals surface area contributed by atoms with Gasteiger partial charge in [-0.05, 0) is 38.8 Å². The lowest BCUT2D eigenvalue weighted by molar-refractivity contribution is -0.118. The summed E-state index contributed by atoms with van der Waals surface area (Å²) in [5.41, 5.74) is 10.0. The van der Waals surface area contributed by atoms with E-state index in [1.807, 2.05) is 19.9 Å². The van der Waals surface area contributed by atoms with E-state index >= 15 is 0 Å². The molecule has 1 atom stereocenters. The Balaban J connectivity index is 0.000000169. The van der Waals surface area contributed by atoms with Crippen LogP contribution < -0.4 is 20.5 Å². The third kappa shape index (κ3) is 5.47. The van der Waals surface area contributed by atoms with Crippen molar-refractivity contribution in [2.45, 2.75) is 38.8 Å². The number of benzene rings is 2. The van der Waals surface area contributed by atoms with E-state index in [4.69, 9.17) is 19.9 Å².